The molecule has 0 atom stereocenters. The van der Waals surface area contributed by atoms with Crippen LogP contribution in [0.15, 0.2) is 27.5 Å². The Balaban J connectivity index is 2.39. The van der Waals surface area contributed by atoms with Crippen LogP contribution in [0.5, 0.6) is 0 Å². The van der Waals surface area contributed by atoms with Crippen LogP contribution in [0.4, 0.5) is 0 Å². The highest BCUT2D eigenvalue weighted by molar-refractivity contribution is 9.10. The number of halogens is 1. The highest BCUT2D eigenvalue weighted by atomic mass is 79.9. The number of H-pyrrole nitrogens is 1. The molecule has 0 aliphatic carbocycles. The highest BCUT2D eigenvalue weighted by Crippen LogP contribution is 2.19. The summed E-state index contributed by atoms with van der Waals surface area (Å²) < 4.78 is 5.57. The quantitative estimate of drug-likeness (QED) is 0.807. The molecule has 0 bridgehead atoms. The van der Waals surface area contributed by atoms with Crippen LogP contribution in [0.25, 0.3) is 0 Å². The Morgan fingerprint density at radius 1 is 1.62 bits per heavy atom. The topological polar surface area (TPSA) is 71.8 Å². The molecule has 6 heteroatoms. The average molecular weight is 242 g/mol. The second kappa shape index (κ2) is 3.14. The van der Waals surface area contributed by atoms with Gasteiger partial charge in [-0.25, -0.2) is 4.98 Å². The van der Waals surface area contributed by atoms with Crippen molar-refractivity contribution in [1.29, 1.82) is 0 Å². The maximum absolute atomic E-state index is 11.5. The van der Waals surface area contributed by atoms with Crippen molar-refractivity contribution >= 4 is 21.7 Å². The lowest BCUT2D eigenvalue weighted by atomic mass is 10.3. The van der Waals surface area contributed by atoms with E-state index in [2.05, 4.69) is 31.1 Å². The number of nitrogens with zero attached hydrogens (tertiary/aromatic N) is 2. The molecule has 0 saturated heterocycles. The summed E-state index contributed by atoms with van der Waals surface area (Å²) in [7, 11) is 0. The Bertz CT molecular complexity index is 421. The number of carbonyl (C=O) groups excluding carboxylic acids is 1. The average Bonchev–Trinajstić information content (AvgIpc) is 2.72. The van der Waals surface area contributed by atoms with Crippen molar-refractivity contribution in [2.45, 2.75) is 0 Å². The molecule has 13 heavy (non-hydrogen) atoms. The Kier molecular flexibility index (Phi) is 1.97. The van der Waals surface area contributed by atoms with E-state index in [-0.39, 0.29) is 17.4 Å². The zero-order valence-electron chi connectivity index (χ0n) is 6.32. The molecule has 2 aromatic rings. The third-order valence-corrected chi connectivity index (χ3v) is 2.08. The third kappa shape index (κ3) is 1.40. The second-order valence-corrected chi connectivity index (χ2v) is 3.12. The van der Waals surface area contributed by atoms with Gasteiger partial charge >= 0.3 is 0 Å². The van der Waals surface area contributed by atoms with Gasteiger partial charge in [0.1, 0.15) is 6.33 Å². The van der Waals surface area contributed by atoms with Crippen molar-refractivity contribution in [1.82, 2.24) is 15.2 Å². The second-order valence-electron chi connectivity index (χ2n) is 2.26. The van der Waals surface area contributed by atoms with E-state index in [1.807, 2.05) is 0 Å². The van der Waals surface area contributed by atoms with Crippen LogP contribution >= 0.6 is 15.9 Å². The number of rotatable bonds is 2. The third-order valence-electron chi connectivity index (χ3n) is 1.45. The van der Waals surface area contributed by atoms with Gasteiger partial charge in [0.05, 0.1) is 10.7 Å². The molecule has 0 saturated carbocycles. The van der Waals surface area contributed by atoms with Crippen molar-refractivity contribution in [2.75, 3.05) is 0 Å². The first-order valence-electron chi connectivity index (χ1n) is 3.42. The van der Waals surface area contributed by atoms with Crippen molar-refractivity contribution in [2.24, 2.45) is 0 Å². The number of nitrogens with one attached hydrogen (secondary N) is 1. The summed E-state index contributed by atoms with van der Waals surface area (Å²) >= 11 is 3.18. The predicted molar refractivity (Wildman–Crippen MR) is 46.2 cm³/mol. The van der Waals surface area contributed by atoms with E-state index in [0.29, 0.717) is 4.47 Å². The lowest BCUT2D eigenvalue weighted by molar-refractivity contribution is 0.0999. The molecule has 5 nitrogen and oxygen atoms in total. The van der Waals surface area contributed by atoms with E-state index in [1.165, 1.54) is 12.6 Å². The minimum absolute atomic E-state index is 0.163. The maximum atomic E-state index is 11.5. The van der Waals surface area contributed by atoms with Gasteiger partial charge in [0.25, 0.3) is 5.78 Å². The molecule has 0 spiro atoms. The lowest BCUT2D eigenvalue weighted by Gasteiger charge is -1.91. The predicted octanol–water partition coefficient (Wildman–Crippen LogP) is 1.39. The van der Waals surface area contributed by atoms with Gasteiger partial charge < -0.3 is 4.42 Å². The van der Waals surface area contributed by atoms with Gasteiger partial charge in [-0.2, -0.15) is 5.10 Å². The summed E-state index contributed by atoms with van der Waals surface area (Å²) in [5, 5.41) is 6.03. The Labute approximate surface area is 81.3 Å². The fourth-order valence-corrected chi connectivity index (χ4v) is 1.26. The number of hydrogen-bond acceptors (Lipinski definition) is 4. The van der Waals surface area contributed by atoms with Gasteiger partial charge in [0.15, 0.2) is 11.6 Å². The first kappa shape index (κ1) is 8.18. The van der Waals surface area contributed by atoms with Crippen molar-refractivity contribution in [3.05, 3.63) is 34.7 Å². The molecule has 0 radical (unpaired) electrons. The van der Waals surface area contributed by atoms with Crippen LogP contribution in [0.1, 0.15) is 16.4 Å². The fourth-order valence-electron chi connectivity index (χ4n) is 0.878. The van der Waals surface area contributed by atoms with Crippen LogP contribution in [0, 0.1) is 0 Å². The van der Waals surface area contributed by atoms with E-state index in [1.54, 1.807) is 6.07 Å². The maximum Gasteiger partial charge on any atom is 0.266 e. The monoisotopic (exact) mass is 241 g/mol. The van der Waals surface area contributed by atoms with E-state index in [4.69, 9.17) is 4.42 Å². The molecule has 2 heterocycles. The van der Waals surface area contributed by atoms with Gasteiger partial charge in [-0.05, 0) is 22.0 Å². The molecule has 0 aliphatic heterocycles. The summed E-state index contributed by atoms with van der Waals surface area (Å²) in [6.45, 7) is 0. The van der Waals surface area contributed by atoms with E-state index < -0.39 is 0 Å². The van der Waals surface area contributed by atoms with Crippen LogP contribution in [0.2, 0.25) is 0 Å². The van der Waals surface area contributed by atoms with Crippen LogP contribution in [-0.4, -0.2) is 21.0 Å². The summed E-state index contributed by atoms with van der Waals surface area (Å²) in [6.07, 6.45) is 2.69. The number of hydrogen-bond donors (Lipinski definition) is 1. The standard InChI is InChI=1S/C7H4BrN3O2/c8-4-1-2-13-6(4)5(12)7-9-3-10-11-7/h1-3H,(H,9,10,11). The van der Waals surface area contributed by atoms with Crippen LogP contribution < -0.4 is 0 Å². The summed E-state index contributed by atoms with van der Waals surface area (Å²) in [5.74, 6) is 0.0572. The Morgan fingerprint density at radius 2 is 2.46 bits per heavy atom. The zero-order chi connectivity index (χ0) is 9.26. The van der Waals surface area contributed by atoms with Crippen molar-refractivity contribution < 1.29 is 9.21 Å². The summed E-state index contributed by atoms with van der Waals surface area (Å²) in [4.78, 5) is 15.2. The number of furan rings is 1. The molecular weight excluding hydrogens is 238 g/mol. The Hall–Kier alpha value is -1.43. The molecule has 0 fully saturated rings. The minimum atomic E-state index is -0.325. The minimum Gasteiger partial charge on any atom is -0.459 e. The van der Waals surface area contributed by atoms with Gasteiger partial charge in [0, 0.05) is 0 Å². The molecule has 2 aromatic heterocycles. The summed E-state index contributed by atoms with van der Waals surface area (Å²) in [6, 6.07) is 1.64. The van der Waals surface area contributed by atoms with Gasteiger partial charge in [-0.1, -0.05) is 0 Å². The molecule has 66 valence electrons. The van der Waals surface area contributed by atoms with Gasteiger partial charge in [-0.3, -0.25) is 9.89 Å². The number of carbonyl (C=O) groups is 1. The number of ketones is 1. The van der Waals surface area contributed by atoms with E-state index in [0.717, 1.165) is 0 Å². The lowest BCUT2D eigenvalue weighted by Crippen LogP contribution is -2.02. The van der Waals surface area contributed by atoms with E-state index >= 15 is 0 Å². The smallest absolute Gasteiger partial charge is 0.266 e. The molecule has 0 amide bonds. The number of aromatic amines is 1. The largest absolute Gasteiger partial charge is 0.459 e. The molecular formula is C7H4BrN3O2. The normalized spacial score (nSPS) is 10.2. The van der Waals surface area contributed by atoms with Gasteiger partial charge in [0.2, 0.25) is 0 Å². The first-order chi connectivity index (χ1) is 6.29. The molecule has 0 aliphatic rings. The molecule has 1 N–H and O–H groups in total. The zero-order valence-corrected chi connectivity index (χ0v) is 7.91. The first-order valence-corrected chi connectivity index (χ1v) is 4.21. The molecule has 0 unspecified atom stereocenters. The Morgan fingerprint density at radius 3 is 3.00 bits per heavy atom. The summed E-state index contributed by atoms with van der Waals surface area (Å²) in [5.41, 5.74) is 0. The van der Waals surface area contributed by atoms with Gasteiger partial charge in [-0.15, -0.1) is 0 Å². The SMILES string of the molecule is O=C(c1ncn[nH]1)c1occc1Br. The number of aromatic nitrogens is 3. The van der Waals surface area contributed by atoms with Crippen LogP contribution in [-0.2, 0) is 0 Å². The fraction of sp³-hybridized carbons (Fsp3) is 0. The van der Waals surface area contributed by atoms with Crippen molar-refractivity contribution in [3.63, 3.8) is 0 Å². The van der Waals surface area contributed by atoms with Crippen LogP contribution in [0.3, 0.4) is 0 Å². The molecule has 2 rings (SSSR count). The van der Waals surface area contributed by atoms with E-state index in [9.17, 15) is 4.79 Å². The molecule has 0 aromatic carbocycles. The highest BCUT2D eigenvalue weighted by Gasteiger charge is 2.18. The van der Waals surface area contributed by atoms with Crippen molar-refractivity contribution in [3.8, 4) is 0 Å².